The molecule has 0 aliphatic heterocycles. The summed E-state index contributed by atoms with van der Waals surface area (Å²) >= 11 is 12.0. The molecular formula is C23H21Cl2FN2O4S. The molecule has 10 heteroatoms. The van der Waals surface area contributed by atoms with E-state index >= 15 is 0 Å². The molecule has 0 aromatic heterocycles. The highest BCUT2D eigenvalue weighted by Crippen LogP contribution is 2.27. The lowest BCUT2D eigenvalue weighted by molar-refractivity contribution is -0.116. The maximum absolute atomic E-state index is 14.4. The van der Waals surface area contributed by atoms with Crippen molar-refractivity contribution in [2.24, 2.45) is 0 Å². The quantitative estimate of drug-likeness (QED) is 0.447. The molecular weight excluding hydrogens is 490 g/mol. The number of anilines is 1. The highest BCUT2D eigenvalue weighted by molar-refractivity contribution is 7.89. The largest absolute Gasteiger partial charge is 0.495 e. The van der Waals surface area contributed by atoms with E-state index in [1.54, 1.807) is 12.1 Å². The zero-order valence-corrected chi connectivity index (χ0v) is 20.1. The van der Waals surface area contributed by atoms with Crippen molar-refractivity contribution in [3.8, 4) is 5.75 Å². The topological polar surface area (TPSA) is 75.7 Å². The molecule has 0 heterocycles. The Balaban J connectivity index is 1.95. The number of nitrogens with one attached hydrogen (secondary N) is 1. The molecule has 0 aliphatic carbocycles. The number of carbonyl (C=O) groups excluding carboxylic acids is 1. The van der Waals surface area contributed by atoms with Gasteiger partial charge in [0.1, 0.15) is 11.6 Å². The van der Waals surface area contributed by atoms with Crippen LogP contribution in [-0.4, -0.2) is 32.3 Å². The predicted octanol–water partition coefficient (Wildman–Crippen LogP) is 5.28. The molecule has 0 bridgehead atoms. The van der Waals surface area contributed by atoms with Crippen molar-refractivity contribution >= 4 is 44.8 Å². The summed E-state index contributed by atoms with van der Waals surface area (Å²) in [5, 5.41) is 3.06. The van der Waals surface area contributed by atoms with Crippen molar-refractivity contribution in [3.63, 3.8) is 0 Å². The van der Waals surface area contributed by atoms with Gasteiger partial charge in [-0.25, -0.2) is 12.8 Å². The van der Waals surface area contributed by atoms with Gasteiger partial charge in [0.05, 0.1) is 24.2 Å². The van der Waals surface area contributed by atoms with Crippen LogP contribution in [0.15, 0.2) is 65.6 Å². The predicted molar refractivity (Wildman–Crippen MR) is 127 cm³/mol. The van der Waals surface area contributed by atoms with Crippen LogP contribution in [0.2, 0.25) is 10.0 Å². The summed E-state index contributed by atoms with van der Waals surface area (Å²) < 4.78 is 47.3. The normalized spacial score (nSPS) is 11.5. The number of carbonyl (C=O) groups is 1. The Morgan fingerprint density at radius 2 is 1.79 bits per heavy atom. The van der Waals surface area contributed by atoms with Crippen molar-refractivity contribution in [1.82, 2.24) is 4.31 Å². The number of methoxy groups -OCH3 is 1. The van der Waals surface area contributed by atoms with Gasteiger partial charge in [-0.2, -0.15) is 4.31 Å². The molecule has 0 atom stereocenters. The number of hydrogen-bond donors (Lipinski definition) is 1. The summed E-state index contributed by atoms with van der Waals surface area (Å²) in [4.78, 5) is 12.8. The van der Waals surface area contributed by atoms with Crippen LogP contribution in [0.4, 0.5) is 10.1 Å². The number of hydrogen-bond acceptors (Lipinski definition) is 4. The smallest absolute Gasteiger partial charge is 0.243 e. The van der Waals surface area contributed by atoms with E-state index in [0.717, 1.165) is 9.87 Å². The molecule has 0 saturated heterocycles. The summed E-state index contributed by atoms with van der Waals surface area (Å²) in [7, 11) is -2.75. The Labute approximate surface area is 201 Å². The Kier molecular flexibility index (Phi) is 7.97. The number of aryl methyl sites for hydroxylation is 1. The maximum atomic E-state index is 14.4. The summed E-state index contributed by atoms with van der Waals surface area (Å²) in [6, 6.07) is 14.7. The van der Waals surface area contributed by atoms with Crippen LogP contribution < -0.4 is 10.1 Å². The van der Waals surface area contributed by atoms with Crippen LogP contribution in [0.1, 0.15) is 11.1 Å². The number of ether oxygens (including phenoxy) is 1. The van der Waals surface area contributed by atoms with Crippen LogP contribution in [0.5, 0.6) is 5.75 Å². The minimum absolute atomic E-state index is 0.0439. The standard InChI is InChI=1S/C23H21Cl2FN2O4S/c1-15-6-11-22(32-2)21(12-15)27-23(29)14-28(13-18-19(25)4-3-5-20(18)26)33(30,31)17-9-7-16(24)8-10-17/h3-12H,13-14H2,1-2H3,(H,27,29). The van der Waals surface area contributed by atoms with Gasteiger partial charge in [0, 0.05) is 22.2 Å². The second-order valence-corrected chi connectivity index (χ2v) is 9.96. The molecule has 3 aromatic carbocycles. The van der Waals surface area contributed by atoms with E-state index < -0.39 is 34.8 Å². The minimum atomic E-state index is -4.20. The van der Waals surface area contributed by atoms with Crippen LogP contribution in [0.25, 0.3) is 0 Å². The third kappa shape index (κ3) is 6.03. The lowest BCUT2D eigenvalue weighted by Gasteiger charge is -2.23. The number of rotatable bonds is 8. The van der Waals surface area contributed by atoms with E-state index in [2.05, 4.69) is 5.32 Å². The van der Waals surface area contributed by atoms with Gasteiger partial charge < -0.3 is 10.1 Å². The molecule has 174 valence electrons. The molecule has 3 aromatic rings. The van der Waals surface area contributed by atoms with Crippen LogP contribution >= 0.6 is 23.2 Å². The second-order valence-electron chi connectivity index (χ2n) is 7.18. The Morgan fingerprint density at radius 1 is 1.09 bits per heavy atom. The van der Waals surface area contributed by atoms with Gasteiger partial charge in [0.15, 0.2) is 0 Å². The lowest BCUT2D eigenvalue weighted by atomic mass is 10.2. The average Bonchev–Trinajstić information content (AvgIpc) is 2.76. The molecule has 3 rings (SSSR count). The second kappa shape index (κ2) is 10.5. The van der Waals surface area contributed by atoms with Crippen LogP contribution in [-0.2, 0) is 21.4 Å². The molecule has 6 nitrogen and oxygen atoms in total. The van der Waals surface area contributed by atoms with E-state index in [1.165, 1.54) is 49.6 Å². The zero-order valence-electron chi connectivity index (χ0n) is 17.8. The Morgan fingerprint density at radius 3 is 2.42 bits per heavy atom. The third-order valence-electron chi connectivity index (χ3n) is 4.80. The van der Waals surface area contributed by atoms with E-state index in [4.69, 9.17) is 27.9 Å². The molecule has 1 N–H and O–H groups in total. The molecule has 33 heavy (non-hydrogen) atoms. The van der Waals surface area contributed by atoms with Crippen molar-refractivity contribution < 1.29 is 22.3 Å². The fourth-order valence-electron chi connectivity index (χ4n) is 3.11. The molecule has 0 radical (unpaired) electrons. The van der Waals surface area contributed by atoms with Crippen LogP contribution in [0, 0.1) is 12.7 Å². The monoisotopic (exact) mass is 510 g/mol. The van der Waals surface area contributed by atoms with Gasteiger partial charge in [-0.05, 0) is 61.0 Å². The van der Waals surface area contributed by atoms with Gasteiger partial charge >= 0.3 is 0 Å². The van der Waals surface area contributed by atoms with E-state index in [1.807, 2.05) is 13.0 Å². The van der Waals surface area contributed by atoms with E-state index in [9.17, 15) is 17.6 Å². The summed E-state index contributed by atoms with van der Waals surface area (Å²) in [6.07, 6.45) is 0. The third-order valence-corrected chi connectivity index (χ3v) is 7.21. The first kappa shape index (κ1) is 25.0. The van der Waals surface area contributed by atoms with Gasteiger partial charge in [0.25, 0.3) is 0 Å². The first-order valence-corrected chi connectivity index (χ1v) is 11.9. The molecule has 0 fully saturated rings. The maximum Gasteiger partial charge on any atom is 0.243 e. The Hall–Kier alpha value is -2.65. The zero-order chi connectivity index (χ0) is 24.2. The number of nitrogens with zero attached hydrogens (tertiary/aromatic N) is 1. The number of sulfonamides is 1. The minimum Gasteiger partial charge on any atom is -0.495 e. The molecule has 0 saturated carbocycles. The fourth-order valence-corrected chi connectivity index (χ4v) is 4.82. The number of amides is 1. The first-order valence-electron chi connectivity index (χ1n) is 9.75. The van der Waals surface area contributed by atoms with Gasteiger partial charge in [-0.3, -0.25) is 4.79 Å². The molecule has 0 unspecified atom stereocenters. The van der Waals surface area contributed by atoms with Crippen LogP contribution in [0.3, 0.4) is 0 Å². The number of benzene rings is 3. The first-order chi connectivity index (χ1) is 15.6. The van der Waals surface area contributed by atoms with Crippen molar-refractivity contribution in [2.75, 3.05) is 19.0 Å². The van der Waals surface area contributed by atoms with Gasteiger partial charge in [-0.15, -0.1) is 0 Å². The van der Waals surface area contributed by atoms with Gasteiger partial charge in [-0.1, -0.05) is 35.3 Å². The summed E-state index contributed by atoms with van der Waals surface area (Å²) in [6.45, 7) is 0.800. The van der Waals surface area contributed by atoms with E-state index in [-0.39, 0.29) is 15.5 Å². The molecule has 1 amide bonds. The SMILES string of the molecule is COc1ccc(C)cc1NC(=O)CN(Cc1c(F)cccc1Cl)S(=O)(=O)c1ccc(Cl)cc1. The van der Waals surface area contributed by atoms with Crippen molar-refractivity contribution in [2.45, 2.75) is 18.4 Å². The lowest BCUT2D eigenvalue weighted by Crippen LogP contribution is -2.38. The molecule has 0 aliphatic rings. The van der Waals surface area contributed by atoms with Crippen molar-refractivity contribution in [1.29, 1.82) is 0 Å². The summed E-state index contributed by atoms with van der Waals surface area (Å²) in [5.41, 5.74) is 1.21. The van der Waals surface area contributed by atoms with Gasteiger partial charge in [0.2, 0.25) is 15.9 Å². The number of halogens is 3. The fraction of sp³-hybridized carbons (Fsp3) is 0.174. The Bertz CT molecular complexity index is 1250. The van der Waals surface area contributed by atoms with Crippen molar-refractivity contribution in [3.05, 3.63) is 87.7 Å². The average molecular weight is 511 g/mol. The highest BCUT2D eigenvalue weighted by atomic mass is 35.5. The highest BCUT2D eigenvalue weighted by Gasteiger charge is 2.29. The summed E-state index contributed by atoms with van der Waals surface area (Å²) in [5.74, 6) is -0.901. The molecule has 0 spiro atoms. The van der Waals surface area contributed by atoms with E-state index in [0.29, 0.717) is 16.5 Å².